The molecular weight excluding hydrogens is 392 g/mol. The van der Waals surface area contributed by atoms with E-state index in [0.717, 1.165) is 5.56 Å². The summed E-state index contributed by atoms with van der Waals surface area (Å²) in [6, 6.07) is 5.25. The van der Waals surface area contributed by atoms with Gasteiger partial charge in [-0.2, -0.15) is 0 Å². The van der Waals surface area contributed by atoms with Gasteiger partial charge in [-0.25, -0.2) is 19.9 Å². The smallest absolute Gasteiger partial charge is 0.246 e. The van der Waals surface area contributed by atoms with Crippen molar-refractivity contribution in [2.75, 3.05) is 13.2 Å². The molecule has 0 aliphatic carbocycles. The molecule has 4 rings (SSSR count). The summed E-state index contributed by atoms with van der Waals surface area (Å²) in [6.07, 6.45) is 5.83. The maximum absolute atomic E-state index is 12.1. The third-order valence-corrected chi connectivity index (χ3v) is 5.03. The van der Waals surface area contributed by atoms with E-state index in [1.165, 1.54) is 12.4 Å². The normalized spacial score (nSPS) is 19.2. The van der Waals surface area contributed by atoms with Gasteiger partial charge in [0.25, 0.3) is 0 Å². The second kappa shape index (κ2) is 8.10. The molecule has 9 heteroatoms. The molecule has 1 aliphatic heterocycles. The molecule has 4 heterocycles. The Labute approximate surface area is 172 Å². The Balaban J connectivity index is 1.69. The van der Waals surface area contributed by atoms with Gasteiger partial charge in [-0.05, 0) is 36.8 Å². The molecule has 148 valence electrons. The van der Waals surface area contributed by atoms with Crippen LogP contribution in [0.3, 0.4) is 0 Å². The Hall–Kier alpha value is -3.10. The number of pyridine rings is 1. The molecule has 3 aromatic heterocycles. The van der Waals surface area contributed by atoms with E-state index in [-0.39, 0.29) is 18.1 Å². The van der Waals surface area contributed by atoms with Crippen molar-refractivity contribution < 1.29 is 9.53 Å². The first kappa shape index (κ1) is 19.2. The van der Waals surface area contributed by atoms with Crippen LogP contribution in [0.4, 0.5) is 0 Å². The topological polar surface area (TPSA) is 96.9 Å². The van der Waals surface area contributed by atoms with Gasteiger partial charge in [-0.3, -0.25) is 4.79 Å². The van der Waals surface area contributed by atoms with Gasteiger partial charge in [0.2, 0.25) is 5.91 Å². The van der Waals surface area contributed by atoms with Crippen LogP contribution in [0.2, 0.25) is 5.15 Å². The molecule has 3 aromatic rings. The molecule has 1 saturated heterocycles. The Morgan fingerprint density at radius 2 is 2.10 bits per heavy atom. The first-order chi connectivity index (χ1) is 14.1. The number of hydrogen-bond donors (Lipinski definition) is 1. The SMILES string of the molecule is C=CC(=O)N1CCO[C@H](c2cc(Cl)nc(-c3cc(-c4ncc[nH]4)ncn3)c2)[C@H]1C. The molecule has 0 bridgehead atoms. The minimum Gasteiger partial charge on any atom is -0.370 e. The highest BCUT2D eigenvalue weighted by Gasteiger charge is 2.32. The lowest BCUT2D eigenvalue weighted by molar-refractivity contribution is -0.140. The number of carbonyl (C=O) groups is 1. The molecule has 2 atom stereocenters. The lowest BCUT2D eigenvalue weighted by Crippen LogP contribution is -2.48. The number of aromatic amines is 1. The average Bonchev–Trinajstić information content (AvgIpc) is 3.28. The van der Waals surface area contributed by atoms with Gasteiger partial charge in [-0.1, -0.05) is 18.2 Å². The Kier molecular flexibility index (Phi) is 5.37. The summed E-state index contributed by atoms with van der Waals surface area (Å²) < 4.78 is 5.97. The third kappa shape index (κ3) is 3.90. The van der Waals surface area contributed by atoms with Crippen molar-refractivity contribution in [3.05, 3.63) is 60.3 Å². The monoisotopic (exact) mass is 410 g/mol. The molecule has 8 nitrogen and oxygen atoms in total. The van der Waals surface area contributed by atoms with E-state index in [9.17, 15) is 4.79 Å². The van der Waals surface area contributed by atoms with Gasteiger partial charge in [0.05, 0.1) is 24.0 Å². The summed E-state index contributed by atoms with van der Waals surface area (Å²) in [5.74, 6) is 0.517. The number of nitrogens with one attached hydrogen (secondary N) is 1. The van der Waals surface area contributed by atoms with Crippen molar-refractivity contribution in [1.29, 1.82) is 0 Å². The van der Waals surface area contributed by atoms with Crippen LogP contribution in [-0.4, -0.2) is 54.9 Å². The molecule has 1 fully saturated rings. The summed E-state index contributed by atoms with van der Waals surface area (Å²) in [4.78, 5) is 34.1. The van der Waals surface area contributed by atoms with Crippen molar-refractivity contribution in [3.8, 4) is 22.9 Å². The van der Waals surface area contributed by atoms with Gasteiger partial charge in [0, 0.05) is 18.9 Å². The second-order valence-corrected chi connectivity index (χ2v) is 6.99. The molecule has 1 amide bonds. The minimum absolute atomic E-state index is 0.120. The quantitative estimate of drug-likeness (QED) is 0.524. The number of rotatable bonds is 4. The van der Waals surface area contributed by atoms with Gasteiger partial charge in [0.15, 0.2) is 5.82 Å². The molecule has 29 heavy (non-hydrogen) atoms. The minimum atomic E-state index is -0.335. The van der Waals surface area contributed by atoms with Crippen LogP contribution in [0.25, 0.3) is 22.9 Å². The van der Waals surface area contributed by atoms with Crippen LogP contribution in [0.15, 0.2) is 49.6 Å². The van der Waals surface area contributed by atoms with Gasteiger partial charge in [0.1, 0.15) is 23.3 Å². The fourth-order valence-corrected chi connectivity index (χ4v) is 3.65. The number of aromatic nitrogens is 5. The fourth-order valence-electron chi connectivity index (χ4n) is 3.43. The molecular formula is C20H19ClN6O2. The van der Waals surface area contributed by atoms with Gasteiger partial charge >= 0.3 is 0 Å². The van der Waals surface area contributed by atoms with Crippen molar-refractivity contribution >= 4 is 17.5 Å². The zero-order valence-corrected chi connectivity index (χ0v) is 16.5. The summed E-state index contributed by atoms with van der Waals surface area (Å²) in [7, 11) is 0. The van der Waals surface area contributed by atoms with Crippen molar-refractivity contribution in [1.82, 2.24) is 29.8 Å². The van der Waals surface area contributed by atoms with E-state index in [2.05, 4.69) is 31.5 Å². The number of H-pyrrole nitrogens is 1. The summed E-state index contributed by atoms with van der Waals surface area (Å²) >= 11 is 6.31. The number of nitrogens with zero attached hydrogens (tertiary/aromatic N) is 5. The molecule has 0 saturated carbocycles. The zero-order valence-electron chi connectivity index (χ0n) is 15.7. The molecule has 0 aromatic carbocycles. The maximum Gasteiger partial charge on any atom is 0.246 e. The average molecular weight is 411 g/mol. The van der Waals surface area contributed by atoms with E-state index >= 15 is 0 Å². The first-order valence-electron chi connectivity index (χ1n) is 9.11. The number of imidazole rings is 1. The number of ether oxygens (including phenoxy) is 1. The Morgan fingerprint density at radius 1 is 1.28 bits per heavy atom. The predicted octanol–water partition coefficient (Wildman–Crippen LogP) is 3.06. The summed E-state index contributed by atoms with van der Waals surface area (Å²) in [5, 5.41) is 0.318. The Bertz CT molecular complexity index is 1040. The van der Waals surface area contributed by atoms with E-state index < -0.39 is 0 Å². The van der Waals surface area contributed by atoms with Crippen molar-refractivity contribution in [2.45, 2.75) is 19.1 Å². The zero-order chi connectivity index (χ0) is 20.4. The fraction of sp³-hybridized carbons (Fsp3) is 0.250. The van der Waals surface area contributed by atoms with E-state index in [1.54, 1.807) is 29.4 Å². The van der Waals surface area contributed by atoms with Crippen LogP contribution in [0, 0.1) is 0 Å². The Morgan fingerprint density at radius 3 is 2.86 bits per heavy atom. The maximum atomic E-state index is 12.1. The van der Waals surface area contributed by atoms with E-state index in [0.29, 0.717) is 41.2 Å². The van der Waals surface area contributed by atoms with Crippen LogP contribution in [-0.2, 0) is 9.53 Å². The molecule has 1 N–H and O–H groups in total. The molecule has 1 aliphatic rings. The van der Waals surface area contributed by atoms with Crippen LogP contribution >= 0.6 is 11.6 Å². The standard InChI is InChI=1S/C20H19ClN6O2/c1-3-18(28)27-6-7-29-19(12(27)2)13-8-15(26-17(21)9-13)14-10-16(25-11-24-14)20-22-4-5-23-20/h3-5,8-12,19H,1,6-7H2,2H3,(H,22,23)/t12-,19+/m1/s1. The highest BCUT2D eigenvalue weighted by atomic mass is 35.5. The highest BCUT2D eigenvalue weighted by Crippen LogP contribution is 2.32. The van der Waals surface area contributed by atoms with Crippen molar-refractivity contribution in [3.63, 3.8) is 0 Å². The molecule has 0 unspecified atom stereocenters. The van der Waals surface area contributed by atoms with Crippen molar-refractivity contribution in [2.24, 2.45) is 0 Å². The molecule has 0 spiro atoms. The van der Waals surface area contributed by atoms with Gasteiger partial charge in [-0.15, -0.1) is 0 Å². The van der Waals surface area contributed by atoms with Crippen LogP contribution in [0.5, 0.6) is 0 Å². The molecule has 0 radical (unpaired) electrons. The van der Waals surface area contributed by atoms with E-state index in [1.807, 2.05) is 13.0 Å². The largest absolute Gasteiger partial charge is 0.370 e. The van der Waals surface area contributed by atoms with Crippen LogP contribution < -0.4 is 0 Å². The number of amides is 1. The summed E-state index contributed by atoms with van der Waals surface area (Å²) in [5.41, 5.74) is 2.67. The second-order valence-electron chi connectivity index (χ2n) is 6.60. The number of hydrogen-bond acceptors (Lipinski definition) is 6. The highest BCUT2D eigenvalue weighted by molar-refractivity contribution is 6.29. The lowest BCUT2D eigenvalue weighted by Gasteiger charge is -2.39. The number of carbonyl (C=O) groups excluding carboxylic acids is 1. The van der Waals surface area contributed by atoms with Crippen LogP contribution in [0.1, 0.15) is 18.6 Å². The van der Waals surface area contributed by atoms with Gasteiger partial charge < -0.3 is 14.6 Å². The first-order valence-corrected chi connectivity index (χ1v) is 9.49. The summed E-state index contributed by atoms with van der Waals surface area (Å²) in [6.45, 7) is 6.47. The predicted molar refractivity (Wildman–Crippen MR) is 108 cm³/mol. The lowest BCUT2D eigenvalue weighted by atomic mass is 10.00. The third-order valence-electron chi connectivity index (χ3n) is 4.83. The number of morpholine rings is 1. The van der Waals surface area contributed by atoms with E-state index in [4.69, 9.17) is 16.3 Å². The number of halogens is 1.